The van der Waals surface area contributed by atoms with Gasteiger partial charge >= 0.3 is 0 Å². The second kappa shape index (κ2) is 7.60. The van der Waals surface area contributed by atoms with E-state index < -0.39 is 0 Å². The van der Waals surface area contributed by atoms with Gasteiger partial charge in [-0.15, -0.1) is 0 Å². The van der Waals surface area contributed by atoms with Crippen LogP contribution in [0, 0.1) is 6.92 Å². The van der Waals surface area contributed by atoms with Crippen LogP contribution in [0.4, 0.5) is 5.69 Å². The minimum absolute atomic E-state index is 0.00228. The molecule has 2 aromatic heterocycles. The van der Waals surface area contributed by atoms with Gasteiger partial charge in [-0.25, -0.2) is 4.98 Å². The van der Waals surface area contributed by atoms with E-state index >= 15 is 0 Å². The maximum Gasteiger partial charge on any atom is 0.271 e. The van der Waals surface area contributed by atoms with Gasteiger partial charge in [0.15, 0.2) is 0 Å². The molecular weight excluding hydrogens is 374 g/mol. The molecular formula is C22H22ClN3O2. The number of rotatable bonds is 3. The summed E-state index contributed by atoms with van der Waals surface area (Å²) in [5.41, 5.74) is 3.61. The lowest BCUT2D eigenvalue weighted by Gasteiger charge is -2.19. The number of nitrogens with one attached hydrogen (secondary N) is 2. The standard InChI is InChI=1S/C22H22ClN3O2/c1-13-5-10-18(23)26-19(13)15-11-17(21(28)24-12-15)25-20(27)14-6-8-16(9-7-14)22(2,3)4/h5-12H,1-4H3,(H,24,28)(H,25,27). The van der Waals surface area contributed by atoms with Crippen molar-refractivity contribution in [1.29, 1.82) is 0 Å². The Morgan fingerprint density at radius 3 is 2.43 bits per heavy atom. The third-order valence-corrected chi connectivity index (χ3v) is 4.71. The molecule has 1 amide bonds. The van der Waals surface area contributed by atoms with Gasteiger partial charge in [0, 0.05) is 17.3 Å². The van der Waals surface area contributed by atoms with Crippen LogP contribution in [-0.4, -0.2) is 15.9 Å². The number of amides is 1. The maximum absolute atomic E-state index is 12.6. The van der Waals surface area contributed by atoms with Gasteiger partial charge < -0.3 is 10.3 Å². The van der Waals surface area contributed by atoms with Gasteiger partial charge in [-0.2, -0.15) is 0 Å². The number of anilines is 1. The molecule has 2 heterocycles. The molecule has 28 heavy (non-hydrogen) atoms. The topological polar surface area (TPSA) is 74.8 Å². The smallest absolute Gasteiger partial charge is 0.271 e. The van der Waals surface area contributed by atoms with E-state index in [1.165, 1.54) is 0 Å². The lowest BCUT2D eigenvalue weighted by atomic mass is 9.87. The summed E-state index contributed by atoms with van der Waals surface area (Å²) in [4.78, 5) is 31.7. The Morgan fingerprint density at radius 1 is 1.11 bits per heavy atom. The molecule has 0 bridgehead atoms. The molecule has 0 saturated carbocycles. The number of carbonyl (C=O) groups is 1. The molecule has 0 unspecified atom stereocenters. The zero-order valence-electron chi connectivity index (χ0n) is 16.3. The summed E-state index contributed by atoms with van der Waals surface area (Å²) in [6.45, 7) is 8.23. The molecule has 0 aliphatic heterocycles. The number of H-pyrrole nitrogens is 1. The van der Waals surface area contributed by atoms with Crippen molar-refractivity contribution in [2.75, 3.05) is 5.32 Å². The summed E-state index contributed by atoms with van der Waals surface area (Å²) in [5.74, 6) is -0.348. The highest BCUT2D eigenvalue weighted by Crippen LogP contribution is 2.24. The average Bonchev–Trinajstić information content (AvgIpc) is 2.65. The van der Waals surface area contributed by atoms with Crippen molar-refractivity contribution in [3.8, 4) is 11.3 Å². The molecule has 0 saturated heterocycles. The first-order chi connectivity index (χ1) is 13.1. The van der Waals surface area contributed by atoms with E-state index in [1.54, 1.807) is 30.5 Å². The molecule has 0 aliphatic carbocycles. The average molecular weight is 396 g/mol. The van der Waals surface area contributed by atoms with Crippen molar-refractivity contribution < 1.29 is 4.79 Å². The number of aryl methyl sites for hydroxylation is 1. The fraction of sp³-hybridized carbons (Fsp3) is 0.227. The summed E-state index contributed by atoms with van der Waals surface area (Å²) >= 11 is 5.99. The fourth-order valence-corrected chi connectivity index (χ4v) is 2.97. The van der Waals surface area contributed by atoms with Crippen molar-refractivity contribution in [3.05, 3.63) is 80.9 Å². The molecule has 3 rings (SSSR count). The maximum atomic E-state index is 12.6. The van der Waals surface area contributed by atoms with Crippen molar-refractivity contribution >= 4 is 23.2 Å². The Labute approximate surface area is 168 Å². The van der Waals surface area contributed by atoms with E-state index in [4.69, 9.17) is 11.6 Å². The second-order valence-electron chi connectivity index (χ2n) is 7.71. The summed E-state index contributed by atoms with van der Waals surface area (Å²) in [7, 11) is 0. The highest BCUT2D eigenvalue weighted by Gasteiger charge is 2.15. The van der Waals surface area contributed by atoms with Gasteiger partial charge in [0.1, 0.15) is 10.8 Å². The third-order valence-electron chi connectivity index (χ3n) is 4.50. The van der Waals surface area contributed by atoms with E-state index in [2.05, 4.69) is 36.1 Å². The first-order valence-electron chi connectivity index (χ1n) is 8.93. The zero-order valence-corrected chi connectivity index (χ0v) is 17.0. The third kappa shape index (κ3) is 4.31. The van der Waals surface area contributed by atoms with Crippen LogP contribution in [0.2, 0.25) is 5.15 Å². The molecule has 0 atom stereocenters. The number of benzene rings is 1. The van der Waals surface area contributed by atoms with E-state index in [1.807, 2.05) is 25.1 Å². The number of carbonyl (C=O) groups excluding carboxylic acids is 1. The van der Waals surface area contributed by atoms with Crippen LogP contribution >= 0.6 is 11.6 Å². The fourth-order valence-electron chi connectivity index (χ4n) is 2.83. The monoisotopic (exact) mass is 395 g/mol. The van der Waals surface area contributed by atoms with E-state index in [9.17, 15) is 9.59 Å². The highest BCUT2D eigenvalue weighted by atomic mass is 35.5. The quantitative estimate of drug-likeness (QED) is 0.616. The van der Waals surface area contributed by atoms with Crippen LogP contribution in [0.1, 0.15) is 42.3 Å². The number of hydrogen-bond donors (Lipinski definition) is 2. The Morgan fingerprint density at radius 2 is 1.79 bits per heavy atom. The second-order valence-corrected chi connectivity index (χ2v) is 8.10. The van der Waals surface area contributed by atoms with Crippen molar-refractivity contribution in [2.24, 2.45) is 0 Å². The van der Waals surface area contributed by atoms with Gasteiger partial charge in [-0.3, -0.25) is 9.59 Å². The van der Waals surface area contributed by atoms with Crippen LogP contribution in [0.5, 0.6) is 0 Å². The van der Waals surface area contributed by atoms with Crippen molar-refractivity contribution in [3.63, 3.8) is 0 Å². The Bertz CT molecular complexity index is 1080. The number of pyridine rings is 2. The van der Waals surface area contributed by atoms with Gasteiger partial charge in [0.2, 0.25) is 0 Å². The molecule has 0 fully saturated rings. The zero-order chi connectivity index (χ0) is 20.5. The largest absolute Gasteiger partial charge is 0.327 e. The number of aromatic amines is 1. The SMILES string of the molecule is Cc1ccc(Cl)nc1-c1c[nH]c(=O)c(NC(=O)c2ccc(C(C)(C)C)cc2)c1. The number of hydrogen-bond acceptors (Lipinski definition) is 3. The van der Waals surface area contributed by atoms with Crippen molar-refractivity contribution in [1.82, 2.24) is 9.97 Å². The lowest BCUT2D eigenvalue weighted by Crippen LogP contribution is -2.20. The summed E-state index contributed by atoms with van der Waals surface area (Å²) in [6, 6.07) is 12.5. The van der Waals surface area contributed by atoms with Crippen LogP contribution in [0.3, 0.4) is 0 Å². The summed E-state index contributed by atoms with van der Waals surface area (Å²) in [5, 5.41) is 3.04. The lowest BCUT2D eigenvalue weighted by molar-refractivity contribution is 0.102. The molecule has 144 valence electrons. The van der Waals surface area contributed by atoms with Crippen LogP contribution < -0.4 is 10.9 Å². The predicted octanol–water partition coefficient (Wildman–Crippen LogP) is 4.95. The molecule has 5 nitrogen and oxygen atoms in total. The number of aromatic nitrogens is 2. The van der Waals surface area contributed by atoms with Crippen LogP contribution in [0.15, 0.2) is 53.5 Å². The Kier molecular flexibility index (Phi) is 5.38. The molecule has 1 aromatic carbocycles. The van der Waals surface area contributed by atoms with Crippen LogP contribution in [0.25, 0.3) is 11.3 Å². The van der Waals surface area contributed by atoms with Gasteiger partial charge in [-0.1, -0.05) is 50.6 Å². The van der Waals surface area contributed by atoms with E-state index in [0.29, 0.717) is 22.0 Å². The van der Waals surface area contributed by atoms with Gasteiger partial charge in [-0.05, 0) is 47.7 Å². The molecule has 6 heteroatoms. The molecule has 2 N–H and O–H groups in total. The van der Waals surface area contributed by atoms with Gasteiger partial charge in [0.25, 0.3) is 11.5 Å². The van der Waals surface area contributed by atoms with Gasteiger partial charge in [0.05, 0.1) is 5.69 Å². The molecule has 0 spiro atoms. The van der Waals surface area contributed by atoms with E-state index in [0.717, 1.165) is 11.1 Å². The summed E-state index contributed by atoms with van der Waals surface area (Å²) < 4.78 is 0. The minimum atomic E-state index is -0.386. The first-order valence-corrected chi connectivity index (χ1v) is 9.31. The Balaban J connectivity index is 1.89. The normalized spacial score (nSPS) is 11.3. The number of halogens is 1. The Hall–Kier alpha value is -2.92. The first kappa shape index (κ1) is 19.8. The molecule has 0 aliphatic rings. The summed E-state index contributed by atoms with van der Waals surface area (Å²) in [6.07, 6.45) is 1.56. The molecule has 3 aromatic rings. The van der Waals surface area contributed by atoms with Crippen LogP contribution in [-0.2, 0) is 5.41 Å². The van der Waals surface area contributed by atoms with E-state index in [-0.39, 0.29) is 22.6 Å². The minimum Gasteiger partial charge on any atom is -0.327 e. The van der Waals surface area contributed by atoms with Crippen molar-refractivity contribution in [2.45, 2.75) is 33.1 Å². The number of nitrogens with zero attached hydrogens (tertiary/aromatic N) is 1. The predicted molar refractivity (Wildman–Crippen MR) is 113 cm³/mol. The highest BCUT2D eigenvalue weighted by molar-refractivity contribution is 6.29. The molecule has 0 radical (unpaired) electrons.